The standard InChI is InChI=1S/C29H27ClN8O3/c1-16-7-9-17(10-8-16)15-38-23-22(19-11-20(30)14-32-13-19)33-26(27-36-29(39)41-37-27)34-25(23)35-28(38)24(40-2)21-6-4-3-5-18(21)12-31/h3-6,11,13-14,16-17,24H,7-10,15H2,1-2H3,(H,36,37,39)/t16-,17-,24?. The van der Waals surface area contributed by atoms with Crippen molar-refractivity contribution in [3.63, 3.8) is 0 Å². The quantitative estimate of drug-likeness (QED) is 0.274. The molecule has 5 aromatic rings. The van der Waals surface area contributed by atoms with Crippen LogP contribution in [-0.2, 0) is 11.3 Å². The number of benzene rings is 1. The molecule has 4 aromatic heterocycles. The van der Waals surface area contributed by atoms with Crippen molar-refractivity contribution in [1.29, 1.82) is 5.26 Å². The summed E-state index contributed by atoms with van der Waals surface area (Å²) in [7, 11) is 1.60. The molecule has 0 spiro atoms. The van der Waals surface area contributed by atoms with E-state index in [0.29, 0.717) is 62.8 Å². The molecule has 1 atom stereocenters. The Morgan fingerprint density at radius 3 is 2.71 bits per heavy atom. The number of methoxy groups -OCH3 is 1. The number of nitrogens with one attached hydrogen (secondary N) is 1. The predicted molar refractivity (Wildman–Crippen MR) is 151 cm³/mol. The van der Waals surface area contributed by atoms with Gasteiger partial charge in [0.05, 0.1) is 16.7 Å². The summed E-state index contributed by atoms with van der Waals surface area (Å²) in [6.07, 6.45) is 7.04. The van der Waals surface area contributed by atoms with Crippen LogP contribution in [-0.4, -0.2) is 41.8 Å². The first kappa shape index (κ1) is 26.8. The Bertz CT molecular complexity index is 1810. The van der Waals surface area contributed by atoms with Crippen molar-refractivity contribution < 1.29 is 9.26 Å². The molecule has 1 fully saturated rings. The number of fused-ring (bicyclic) bond motifs is 1. The van der Waals surface area contributed by atoms with Crippen LogP contribution in [0.2, 0.25) is 5.02 Å². The second-order valence-electron chi connectivity index (χ2n) is 10.4. The fraction of sp³-hybridized carbons (Fsp3) is 0.345. The van der Waals surface area contributed by atoms with Gasteiger partial charge in [-0.2, -0.15) is 5.26 Å². The second kappa shape index (κ2) is 11.2. The minimum absolute atomic E-state index is 0.0728. The lowest BCUT2D eigenvalue weighted by atomic mass is 9.83. The number of hydrogen-bond donors (Lipinski definition) is 1. The van der Waals surface area contributed by atoms with E-state index in [1.54, 1.807) is 31.6 Å². The lowest BCUT2D eigenvalue weighted by molar-refractivity contribution is 0.124. The number of ether oxygens (including phenoxy) is 1. The van der Waals surface area contributed by atoms with Crippen LogP contribution in [0, 0.1) is 23.2 Å². The highest BCUT2D eigenvalue weighted by Gasteiger charge is 2.30. The molecule has 0 saturated heterocycles. The van der Waals surface area contributed by atoms with E-state index in [0.717, 1.165) is 25.7 Å². The van der Waals surface area contributed by atoms with Crippen molar-refractivity contribution in [2.45, 2.75) is 45.3 Å². The van der Waals surface area contributed by atoms with Gasteiger partial charge in [0, 0.05) is 37.2 Å². The summed E-state index contributed by atoms with van der Waals surface area (Å²) in [6.45, 7) is 2.96. The van der Waals surface area contributed by atoms with Crippen LogP contribution in [0.4, 0.5) is 0 Å². The Morgan fingerprint density at radius 2 is 2.00 bits per heavy atom. The third-order valence-corrected chi connectivity index (χ3v) is 7.88. The first-order valence-electron chi connectivity index (χ1n) is 13.4. The molecular formula is C29H27ClN8O3. The number of nitrogens with zero attached hydrogens (tertiary/aromatic N) is 7. The maximum Gasteiger partial charge on any atom is 0.439 e. The summed E-state index contributed by atoms with van der Waals surface area (Å²) in [5.41, 5.74) is 3.42. The molecule has 0 amide bonds. The highest BCUT2D eigenvalue weighted by atomic mass is 35.5. The Morgan fingerprint density at radius 1 is 1.20 bits per heavy atom. The largest absolute Gasteiger partial charge is 0.439 e. The summed E-state index contributed by atoms with van der Waals surface area (Å²) in [4.78, 5) is 33.0. The minimum atomic E-state index is -0.722. The molecule has 41 heavy (non-hydrogen) atoms. The molecule has 1 aliphatic rings. The van der Waals surface area contributed by atoms with Gasteiger partial charge in [0.25, 0.3) is 0 Å². The lowest BCUT2D eigenvalue weighted by Crippen LogP contribution is -2.21. The monoisotopic (exact) mass is 570 g/mol. The summed E-state index contributed by atoms with van der Waals surface area (Å²) in [5.74, 6) is 1.18. The van der Waals surface area contributed by atoms with Crippen LogP contribution in [0.15, 0.2) is 52.0 Å². The third-order valence-electron chi connectivity index (χ3n) is 7.67. The number of pyridine rings is 1. The third kappa shape index (κ3) is 5.24. The first-order valence-corrected chi connectivity index (χ1v) is 13.8. The van der Waals surface area contributed by atoms with Gasteiger partial charge in [-0.1, -0.05) is 54.7 Å². The van der Waals surface area contributed by atoms with Crippen LogP contribution in [0.3, 0.4) is 0 Å². The molecule has 4 heterocycles. The average molecular weight is 571 g/mol. The van der Waals surface area contributed by atoms with Gasteiger partial charge in [-0.05, 0) is 36.8 Å². The molecular weight excluding hydrogens is 544 g/mol. The number of nitriles is 1. The number of imidazole rings is 1. The zero-order valence-corrected chi connectivity index (χ0v) is 23.3. The number of aromatic amines is 1. The van der Waals surface area contributed by atoms with Crippen molar-refractivity contribution in [2.75, 3.05) is 7.11 Å². The topological polar surface area (TPSA) is 148 Å². The van der Waals surface area contributed by atoms with Gasteiger partial charge < -0.3 is 9.30 Å². The maximum absolute atomic E-state index is 11.7. The van der Waals surface area contributed by atoms with Gasteiger partial charge in [0.15, 0.2) is 5.65 Å². The van der Waals surface area contributed by atoms with E-state index in [4.69, 9.17) is 35.8 Å². The van der Waals surface area contributed by atoms with Crippen molar-refractivity contribution in [3.05, 3.63) is 75.3 Å². The van der Waals surface area contributed by atoms with E-state index < -0.39 is 11.9 Å². The van der Waals surface area contributed by atoms with E-state index in [2.05, 4.69) is 32.7 Å². The summed E-state index contributed by atoms with van der Waals surface area (Å²) in [5, 5.41) is 14.1. The molecule has 0 aliphatic heterocycles. The van der Waals surface area contributed by atoms with Crippen molar-refractivity contribution in [3.8, 4) is 29.0 Å². The SMILES string of the molecule is COC(c1ccccc1C#N)c1nc2nc(-c3noc(=O)[nH]3)nc(-c3cncc(Cl)c3)c2n1C[C@H]1CC[C@H](C)CC1. The number of halogens is 1. The first-order chi connectivity index (χ1) is 19.9. The molecule has 1 unspecified atom stereocenters. The van der Waals surface area contributed by atoms with Crippen molar-refractivity contribution in [1.82, 2.24) is 34.6 Å². The second-order valence-corrected chi connectivity index (χ2v) is 10.9. The fourth-order valence-corrected chi connectivity index (χ4v) is 5.76. The molecule has 1 aromatic carbocycles. The van der Waals surface area contributed by atoms with Gasteiger partial charge in [-0.15, -0.1) is 0 Å². The van der Waals surface area contributed by atoms with E-state index >= 15 is 0 Å². The van der Waals surface area contributed by atoms with E-state index in [1.807, 2.05) is 18.2 Å². The molecule has 11 nitrogen and oxygen atoms in total. The molecule has 12 heteroatoms. The number of H-pyrrole nitrogens is 1. The van der Waals surface area contributed by atoms with Gasteiger partial charge in [0.1, 0.15) is 23.1 Å². The molecule has 1 saturated carbocycles. The van der Waals surface area contributed by atoms with Crippen LogP contribution in [0.25, 0.3) is 34.1 Å². The van der Waals surface area contributed by atoms with Gasteiger partial charge in [0.2, 0.25) is 11.6 Å². The smallest absolute Gasteiger partial charge is 0.369 e. The van der Waals surface area contributed by atoms with E-state index in [-0.39, 0.29) is 11.6 Å². The lowest BCUT2D eigenvalue weighted by Gasteiger charge is -2.28. The van der Waals surface area contributed by atoms with Crippen LogP contribution in [0.1, 0.15) is 55.7 Å². The fourth-order valence-electron chi connectivity index (χ4n) is 5.58. The highest BCUT2D eigenvalue weighted by molar-refractivity contribution is 6.30. The molecule has 208 valence electrons. The minimum Gasteiger partial charge on any atom is -0.369 e. The van der Waals surface area contributed by atoms with Gasteiger partial charge >= 0.3 is 5.76 Å². The summed E-state index contributed by atoms with van der Waals surface area (Å²) >= 11 is 6.35. The molecule has 0 radical (unpaired) electrons. The predicted octanol–water partition coefficient (Wildman–Crippen LogP) is 5.32. The molecule has 0 bridgehead atoms. The Labute approximate surface area is 240 Å². The van der Waals surface area contributed by atoms with Crippen LogP contribution >= 0.6 is 11.6 Å². The van der Waals surface area contributed by atoms with Crippen LogP contribution < -0.4 is 5.76 Å². The highest BCUT2D eigenvalue weighted by Crippen LogP contribution is 2.37. The maximum atomic E-state index is 11.7. The van der Waals surface area contributed by atoms with Crippen LogP contribution in [0.5, 0.6) is 0 Å². The Kier molecular flexibility index (Phi) is 7.34. The number of hydrogen-bond acceptors (Lipinski definition) is 9. The summed E-state index contributed by atoms with van der Waals surface area (Å²) in [6, 6.07) is 11.4. The van der Waals surface area contributed by atoms with Gasteiger partial charge in [-0.25, -0.2) is 19.7 Å². The van der Waals surface area contributed by atoms with Crippen molar-refractivity contribution >= 4 is 22.8 Å². The van der Waals surface area contributed by atoms with Gasteiger partial charge in [-0.3, -0.25) is 14.5 Å². The van der Waals surface area contributed by atoms with E-state index in [1.165, 1.54) is 0 Å². The zero-order valence-electron chi connectivity index (χ0n) is 22.5. The Balaban J connectivity index is 1.63. The van der Waals surface area contributed by atoms with E-state index in [9.17, 15) is 10.1 Å². The molecule has 1 N–H and O–H groups in total. The molecule has 6 rings (SSSR count). The van der Waals surface area contributed by atoms with Crippen molar-refractivity contribution in [2.24, 2.45) is 11.8 Å². The summed E-state index contributed by atoms with van der Waals surface area (Å²) < 4.78 is 12.9. The molecule has 1 aliphatic carbocycles. The zero-order chi connectivity index (χ0) is 28.5. The average Bonchev–Trinajstić information content (AvgIpc) is 3.58. The number of aromatic nitrogens is 7. The Hall–Kier alpha value is -4.40. The normalized spacial score (nSPS) is 17.9. The number of rotatable bonds is 7.